The van der Waals surface area contributed by atoms with E-state index >= 15 is 4.39 Å². The molecule has 0 aliphatic carbocycles. The van der Waals surface area contributed by atoms with E-state index in [2.05, 4.69) is 47.9 Å². The summed E-state index contributed by atoms with van der Waals surface area (Å²) in [6.07, 6.45) is 4.91. The minimum absolute atomic E-state index is 0.194. The maximum Gasteiger partial charge on any atom is 0.234 e. The summed E-state index contributed by atoms with van der Waals surface area (Å²) in [6, 6.07) is 20.6. The van der Waals surface area contributed by atoms with Gasteiger partial charge in [0.25, 0.3) is 0 Å². The van der Waals surface area contributed by atoms with E-state index < -0.39 is 11.4 Å². The van der Waals surface area contributed by atoms with Gasteiger partial charge in [-0.1, -0.05) is 48.0 Å². The van der Waals surface area contributed by atoms with Crippen LogP contribution >= 0.6 is 11.6 Å². The van der Waals surface area contributed by atoms with Gasteiger partial charge in [0, 0.05) is 50.2 Å². The molecule has 0 saturated carbocycles. The van der Waals surface area contributed by atoms with Crippen molar-refractivity contribution in [2.24, 2.45) is 5.41 Å². The topological polar surface area (TPSA) is 129 Å². The van der Waals surface area contributed by atoms with E-state index in [1.807, 2.05) is 42.5 Å². The summed E-state index contributed by atoms with van der Waals surface area (Å²) < 4.78 is 29.1. The van der Waals surface area contributed by atoms with Gasteiger partial charge in [-0.3, -0.25) is 14.9 Å². The van der Waals surface area contributed by atoms with Gasteiger partial charge in [0.05, 0.1) is 41.9 Å². The molecule has 2 unspecified atom stereocenters. The molecule has 14 heteroatoms. The maximum absolute atomic E-state index is 15.4. The Morgan fingerprint density at radius 1 is 1.08 bits per heavy atom. The van der Waals surface area contributed by atoms with Crippen molar-refractivity contribution in [3.63, 3.8) is 0 Å². The number of likely N-dealkylation sites (tertiary alicyclic amines) is 1. The first-order valence-electron chi connectivity index (χ1n) is 16.5. The summed E-state index contributed by atoms with van der Waals surface area (Å²) in [5.74, 6) is -0.391. The maximum atomic E-state index is 15.4. The van der Waals surface area contributed by atoms with Crippen LogP contribution in [0.1, 0.15) is 29.9 Å². The first kappa shape index (κ1) is 34.0. The number of piperidine rings is 1. The van der Waals surface area contributed by atoms with Crippen LogP contribution in [-0.2, 0) is 27.4 Å². The molecule has 2 amide bonds. The van der Waals surface area contributed by atoms with Crippen LogP contribution in [0.25, 0.3) is 0 Å². The predicted molar refractivity (Wildman–Crippen MR) is 195 cm³/mol. The van der Waals surface area contributed by atoms with Gasteiger partial charge < -0.3 is 25.0 Å². The number of imide groups is 1. The number of amides is 2. The third-order valence-electron chi connectivity index (χ3n) is 9.68. The number of anilines is 6. The first-order valence-corrected chi connectivity index (χ1v) is 18.4. The van der Waals surface area contributed by atoms with Crippen LogP contribution in [-0.4, -0.2) is 77.3 Å². The second kappa shape index (κ2) is 14.1. The van der Waals surface area contributed by atoms with E-state index in [1.165, 1.54) is 17.8 Å². The molecule has 1 spiro atoms. The predicted octanol–water partition coefficient (Wildman–Crippen LogP) is 5.37. The number of hydrogen-bond acceptors (Lipinski definition) is 10. The molecule has 7 rings (SSSR count). The number of carbonyl (C=O) groups is 2. The van der Waals surface area contributed by atoms with E-state index in [-0.39, 0.29) is 34.9 Å². The van der Waals surface area contributed by atoms with Crippen molar-refractivity contribution in [3.05, 3.63) is 94.9 Å². The Morgan fingerprint density at radius 2 is 1.84 bits per heavy atom. The van der Waals surface area contributed by atoms with Gasteiger partial charge >= 0.3 is 0 Å². The van der Waals surface area contributed by atoms with E-state index in [9.17, 15) is 14.1 Å². The summed E-state index contributed by atoms with van der Waals surface area (Å²) in [5.41, 5.74) is 4.83. The quantitative estimate of drug-likeness (QED) is 0.138. The van der Waals surface area contributed by atoms with Gasteiger partial charge in [0.15, 0.2) is 5.82 Å². The smallest absolute Gasteiger partial charge is 0.234 e. The molecule has 3 aromatic carbocycles. The molecule has 1 aromatic heterocycles. The zero-order valence-corrected chi connectivity index (χ0v) is 29.4. The lowest BCUT2D eigenvalue weighted by atomic mass is 9.72. The number of benzene rings is 3. The molecular formula is C36H38ClFN8O3S. The van der Waals surface area contributed by atoms with Crippen LogP contribution in [0.3, 0.4) is 0 Å². The van der Waals surface area contributed by atoms with E-state index in [1.54, 1.807) is 23.7 Å². The van der Waals surface area contributed by atoms with Gasteiger partial charge in [-0.05, 0) is 54.3 Å². The van der Waals surface area contributed by atoms with Gasteiger partial charge in [-0.2, -0.15) is 9.29 Å². The Kier molecular flexibility index (Phi) is 9.57. The molecular weight excluding hydrogens is 679 g/mol. The Labute approximate surface area is 298 Å². The highest BCUT2D eigenvalue weighted by Gasteiger charge is 2.51. The minimum Gasteiger partial charge on any atom is -0.593 e. The standard InChI is InChI=1S/C36H38ClFN8O3S/c1-44(50(2)49)31-6-4-3-5-29(31)41-33-27(37)18-39-35(43-33)40-25-11-13-30(28(38)17-25)46-21-36(22-46)19-45(20-36)16-15-23-7-9-24(10-8-23)26-12-14-32(47)42-34(26)48/h3-11,13,17-18,26H,12,14-16,19-22H2,1-2H3,(H,42,47,48)(H2,39,40,41,43). The van der Waals surface area contributed by atoms with E-state index in [0.717, 1.165) is 44.7 Å². The Morgan fingerprint density at radius 3 is 2.56 bits per heavy atom. The molecule has 3 fully saturated rings. The lowest BCUT2D eigenvalue weighted by Gasteiger charge is -2.61. The number of halogens is 2. The number of aromatic nitrogens is 2. The molecule has 0 bridgehead atoms. The molecule has 4 aromatic rings. The van der Waals surface area contributed by atoms with Crippen molar-refractivity contribution in [1.29, 1.82) is 0 Å². The van der Waals surface area contributed by atoms with E-state index in [0.29, 0.717) is 46.4 Å². The van der Waals surface area contributed by atoms with Crippen LogP contribution in [0.5, 0.6) is 0 Å². The molecule has 50 heavy (non-hydrogen) atoms. The molecule has 3 aliphatic heterocycles. The molecule has 260 valence electrons. The van der Waals surface area contributed by atoms with Gasteiger partial charge in [-0.25, -0.2) is 9.37 Å². The number of nitrogens with one attached hydrogen (secondary N) is 3. The summed E-state index contributed by atoms with van der Waals surface area (Å²) in [6.45, 7) is 4.54. The van der Waals surface area contributed by atoms with Gasteiger partial charge in [0.2, 0.25) is 17.8 Å². The summed E-state index contributed by atoms with van der Waals surface area (Å²) in [7, 11) is 1.74. The fraction of sp³-hybridized carbons (Fsp3) is 0.333. The fourth-order valence-corrected chi connectivity index (χ4v) is 7.59. The van der Waals surface area contributed by atoms with Crippen molar-refractivity contribution in [2.45, 2.75) is 25.2 Å². The second-order valence-corrected chi connectivity index (χ2v) is 15.1. The number of rotatable bonds is 11. The largest absolute Gasteiger partial charge is 0.593 e. The van der Waals surface area contributed by atoms with Gasteiger partial charge in [0.1, 0.15) is 22.8 Å². The minimum atomic E-state index is -1.23. The number of para-hydroxylation sites is 2. The number of hydrogen-bond donors (Lipinski definition) is 3. The van der Waals surface area contributed by atoms with Crippen LogP contribution in [0.2, 0.25) is 5.02 Å². The molecule has 3 N–H and O–H groups in total. The molecule has 3 saturated heterocycles. The fourth-order valence-electron chi connectivity index (χ4n) is 7.01. The summed E-state index contributed by atoms with van der Waals surface area (Å²) >= 11 is 5.18. The Hall–Kier alpha value is -4.43. The molecule has 0 radical (unpaired) electrons. The SMILES string of the molecule is CN(c1ccccc1Nc1nc(Nc2ccc(N3CC4(CN(CCc5ccc(C6CCC(=O)NC6=O)cc5)C4)C3)c(F)c2)ncc1Cl)[S+](C)[O-]. The highest BCUT2D eigenvalue weighted by atomic mass is 35.5. The summed E-state index contributed by atoms with van der Waals surface area (Å²) in [5, 5.41) is 9.01. The van der Waals surface area contributed by atoms with Crippen LogP contribution in [0.4, 0.5) is 38.9 Å². The molecule has 2 atom stereocenters. The Bertz CT molecular complexity index is 1900. The average Bonchev–Trinajstić information content (AvgIpc) is 3.06. The third-order valence-corrected chi connectivity index (χ3v) is 10.9. The zero-order chi connectivity index (χ0) is 35.0. The zero-order valence-electron chi connectivity index (χ0n) is 27.8. The first-order chi connectivity index (χ1) is 24.1. The van der Waals surface area contributed by atoms with Gasteiger partial charge in [-0.15, -0.1) is 0 Å². The summed E-state index contributed by atoms with van der Waals surface area (Å²) in [4.78, 5) is 36.9. The normalized spacial score (nSPS) is 19.0. The Balaban J connectivity index is 0.897. The van der Waals surface area contributed by atoms with Crippen molar-refractivity contribution in [2.75, 3.05) is 65.9 Å². The van der Waals surface area contributed by atoms with Crippen molar-refractivity contribution < 1.29 is 18.5 Å². The highest BCUT2D eigenvalue weighted by molar-refractivity contribution is 7.92. The monoisotopic (exact) mass is 716 g/mol. The van der Waals surface area contributed by atoms with E-state index in [4.69, 9.17) is 11.6 Å². The number of nitrogens with zero attached hydrogens (tertiary/aromatic N) is 5. The average molecular weight is 717 g/mol. The van der Waals surface area contributed by atoms with Crippen molar-refractivity contribution >= 4 is 69.3 Å². The molecule has 4 heterocycles. The van der Waals surface area contributed by atoms with Crippen LogP contribution < -0.4 is 25.2 Å². The lowest BCUT2D eigenvalue weighted by Crippen LogP contribution is -2.72. The highest BCUT2D eigenvalue weighted by Crippen LogP contribution is 2.43. The molecule has 3 aliphatic rings. The molecule has 11 nitrogen and oxygen atoms in total. The second-order valence-electron chi connectivity index (χ2n) is 13.3. The lowest BCUT2D eigenvalue weighted by molar-refractivity contribution is -0.134. The van der Waals surface area contributed by atoms with Crippen molar-refractivity contribution in [3.8, 4) is 0 Å². The van der Waals surface area contributed by atoms with Crippen LogP contribution in [0.15, 0.2) is 72.9 Å². The number of carbonyl (C=O) groups excluding carboxylic acids is 2. The third kappa shape index (κ3) is 7.22. The van der Waals surface area contributed by atoms with Crippen LogP contribution in [0, 0.1) is 11.2 Å². The van der Waals surface area contributed by atoms with Crippen molar-refractivity contribution in [1.82, 2.24) is 20.2 Å².